The Hall–Kier alpha value is -1.48. The van der Waals surface area contributed by atoms with Gasteiger partial charge in [-0.05, 0) is 42.0 Å². The Morgan fingerprint density at radius 3 is 2.80 bits per heavy atom. The molecule has 0 aliphatic rings. The normalized spacial score (nSPS) is 10.9. The van der Waals surface area contributed by atoms with Gasteiger partial charge in [0.2, 0.25) is 0 Å². The van der Waals surface area contributed by atoms with Gasteiger partial charge in [-0.25, -0.2) is 4.99 Å². The summed E-state index contributed by atoms with van der Waals surface area (Å²) in [5.74, 6) is 1.94. The molecule has 2 aromatic rings. The summed E-state index contributed by atoms with van der Waals surface area (Å²) in [6, 6.07) is 10.0. The average Bonchev–Trinajstić information content (AvgIpc) is 3.11. The molecule has 0 atom stereocenters. The first kappa shape index (κ1) is 21.6. The Labute approximate surface area is 170 Å². The quantitative estimate of drug-likeness (QED) is 0.329. The lowest BCUT2D eigenvalue weighted by Crippen LogP contribution is -2.33. The number of guanidine groups is 1. The number of nitrogens with zero attached hydrogens (tertiary/aromatic N) is 1. The van der Waals surface area contributed by atoms with Crippen LogP contribution in [0.1, 0.15) is 23.8 Å². The van der Waals surface area contributed by atoms with E-state index in [-0.39, 0.29) is 24.0 Å². The van der Waals surface area contributed by atoms with Gasteiger partial charge in [-0.15, -0.1) is 35.3 Å². The van der Waals surface area contributed by atoms with Crippen LogP contribution in [0, 0.1) is 0 Å². The molecule has 0 aliphatic heterocycles. The maximum Gasteiger partial charge on any atom is 0.188 e. The van der Waals surface area contributed by atoms with E-state index in [0.29, 0.717) is 19.1 Å². The number of aliphatic imine (C=N–C) groups is 1. The average molecular weight is 475 g/mol. The first-order valence-corrected chi connectivity index (χ1v) is 8.96. The lowest BCUT2D eigenvalue weighted by Gasteiger charge is -2.11. The van der Waals surface area contributed by atoms with Crippen LogP contribution in [0.25, 0.3) is 0 Å². The highest BCUT2D eigenvalue weighted by atomic mass is 127. The molecule has 0 amide bonds. The summed E-state index contributed by atoms with van der Waals surface area (Å²) in [7, 11) is 1.64. The molecule has 1 aromatic heterocycles. The maximum atomic E-state index is 5.91. The molecule has 25 heavy (non-hydrogen) atoms. The zero-order chi connectivity index (χ0) is 17.2. The standard InChI is InChI=1S/C18H25N3O2S.HI/c1-3-10-23-16-7-6-14(12-17(16)22-2)13-21-18(19)20-9-8-15-5-4-11-24-15;/h4-7,11-12H,3,8-10,13H2,1-2H3,(H3,19,20,21);1H. The fourth-order valence-electron chi connectivity index (χ4n) is 2.14. The van der Waals surface area contributed by atoms with Crippen molar-refractivity contribution in [2.45, 2.75) is 26.3 Å². The van der Waals surface area contributed by atoms with Crippen molar-refractivity contribution in [3.05, 3.63) is 46.2 Å². The summed E-state index contributed by atoms with van der Waals surface area (Å²) >= 11 is 1.75. The van der Waals surface area contributed by atoms with Gasteiger partial charge in [-0.2, -0.15) is 0 Å². The predicted molar refractivity (Wildman–Crippen MR) is 116 cm³/mol. The van der Waals surface area contributed by atoms with Crippen molar-refractivity contribution in [1.29, 1.82) is 0 Å². The first-order valence-electron chi connectivity index (χ1n) is 8.08. The molecular weight excluding hydrogens is 449 g/mol. The molecule has 0 saturated heterocycles. The first-order chi connectivity index (χ1) is 11.7. The third-order valence-electron chi connectivity index (χ3n) is 3.38. The Bertz CT molecular complexity index is 648. The number of hydrogen-bond acceptors (Lipinski definition) is 4. The Morgan fingerprint density at radius 2 is 2.12 bits per heavy atom. The molecule has 5 nitrogen and oxygen atoms in total. The number of halogens is 1. The number of nitrogens with one attached hydrogen (secondary N) is 1. The van der Waals surface area contributed by atoms with Gasteiger partial charge < -0.3 is 20.5 Å². The second-order valence-corrected chi connectivity index (χ2v) is 6.32. The monoisotopic (exact) mass is 475 g/mol. The molecule has 0 saturated carbocycles. The number of methoxy groups -OCH3 is 1. The smallest absolute Gasteiger partial charge is 0.188 e. The topological polar surface area (TPSA) is 68.9 Å². The zero-order valence-electron chi connectivity index (χ0n) is 14.7. The predicted octanol–water partition coefficient (Wildman–Crippen LogP) is 3.81. The van der Waals surface area contributed by atoms with Crippen molar-refractivity contribution in [3.8, 4) is 11.5 Å². The minimum Gasteiger partial charge on any atom is -0.493 e. The third-order valence-corrected chi connectivity index (χ3v) is 4.32. The van der Waals surface area contributed by atoms with Gasteiger partial charge in [0.05, 0.1) is 20.3 Å². The lowest BCUT2D eigenvalue weighted by atomic mass is 10.2. The summed E-state index contributed by atoms with van der Waals surface area (Å²) in [5.41, 5.74) is 6.94. The lowest BCUT2D eigenvalue weighted by molar-refractivity contribution is 0.294. The minimum absolute atomic E-state index is 0. The molecule has 0 fully saturated rings. The molecule has 0 unspecified atom stereocenters. The largest absolute Gasteiger partial charge is 0.493 e. The van der Waals surface area contributed by atoms with E-state index in [1.807, 2.05) is 18.2 Å². The summed E-state index contributed by atoms with van der Waals surface area (Å²) in [4.78, 5) is 5.71. The molecule has 0 radical (unpaired) electrons. The van der Waals surface area contributed by atoms with Gasteiger partial charge in [0, 0.05) is 11.4 Å². The highest BCUT2D eigenvalue weighted by Crippen LogP contribution is 2.28. The van der Waals surface area contributed by atoms with E-state index in [1.54, 1.807) is 18.4 Å². The van der Waals surface area contributed by atoms with Crippen LogP contribution < -0.4 is 20.5 Å². The number of rotatable bonds is 9. The molecule has 0 bridgehead atoms. The summed E-state index contributed by atoms with van der Waals surface area (Å²) in [6.45, 7) is 4.03. The summed E-state index contributed by atoms with van der Waals surface area (Å²) in [6.07, 6.45) is 1.91. The number of benzene rings is 1. The van der Waals surface area contributed by atoms with Crippen molar-refractivity contribution in [2.75, 3.05) is 20.3 Å². The maximum absolute atomic E-state index is 5.91. The van der Waals surface area contributed by atoms with Crippen molar-refractivity contribution in [2.24, 2.45) is 10.7 Å². The fraction of sp³-hybridized carbons (Fsp3) is 0.389. The van der Waals surface area contributed by atoms with E-state index in [0.717, 1.165) is 36.4 Å². The van der Waals surface area contributed by atoms with Gasteiger partial charge >= 0.3 is 0 Å². The third kappa shape index (κ3) is 7.52. The summed E-state index contributed by atoms with van der Waals surface area (Å²) in [5, 5.41) is 5.21. The molecule has 2 rings (SSSR count). The van der Waals surface area contributed by atoms with E-state index >= 15 is 0 Å². The van der Waals surface area contributed by atoms with E-state index in [9.17, 15) is 0 Å². The van der Waals surface area contributed by atoms with Crippen LogP contribution in [0.15, 0.2) is 40.7 Å². The van der Waals surface area contributed by atoms with Gasteiger partial charge in [0.15, 0.2) is 17.5 Å². The Balaban J connectivity index is 0.00000312. The molecular formula is C18H26IN3O2S. The van der Waals surface area contributed by atoms with Crippen LogP contribution in [0.4, 0.5) is 0 Å². The van der Waals surface area contributed by atoms with Crippen LogP contribution in [0.5, 0.6) is 11.5 Å². The van der Waals surface area contributed by atoms with Crippen LogP contribution in [0.2, 0.25) is 0 Å². The van der Waals surface area contributed by atoms with E-state index in [2.05, 4.69) is 34.7 Å². The van der Waals surface area contributed by atoms with E-state index < -0.39 is 0 Å². The molecule has 138 valence electrons. The van der Waals surface area contributed by atoms with Crippen LogP contribution >= 0.6 is 35.3 Å². The van der Waals surface area contributed by atoms with Crippen LogP contribution in [0.3, 0.4) is 0 Å². The Kier molecular flexibility index (Phi) is 10.3. The van der Waals surface area contributed by atoms with E-state index in [4.69, 9.17) is 15.2 Å². The van der Waals surface area contributed by atoms with Gasteiger partial charge in [0.1, 0.15) is 0 Å². The minimum atomic E-state index is 0. The van der Waals surface area contributed by atoms with Crippen LogP contribution in [-0.4, -0.2) is 26.2 Å². The number of nitrogens with two attached hydrogens (primary N) is 1. The molecule has 3 N–H and O–H groups in total. The molecule has 0 spiro atoms. The van der Waals surface area contributed by atoms with Crippen molar-refractivity contribution in [3.63, 3.8) is 0 Å². The fourth-order valence-corrected chi connectivity index (χ4v) is 2.85. The highest BCUT2D eigenvalue weighted by Gasteiger charge is 2.05. The number of hydrogen-bond donors (Lipinski definition) is 2. The SMILES string of the molecule is CCCOc1ccc(CN=C(N)NCCc2cccs2)cc1OC.I. The van der Waals surface area contributed by atoms with Gasteiger partial charge in [-0.3, -0.25) is 0 Å². The van der Waals surface area contributed by atoms with E-state index in [1.165, 1.54) is 4.88 Å². The molecule has 1 heterocycles. The summed E-state index contributed by atoms with van der Waals surface area (Å²) < 4.78 is 11.0. The highest BCUT2D eigenvalue weighted by molar-refractivity contribution is 14.0. The molecule has 1 aromatic carbocycles. The van der Waals surface area contributed by atoms with Crippen molar-refractivity contribution < 1.29 is 9.47 Å². The molecule has 7 heteroatoms. The number of ether oxygens (including phenoxy) is 2. The van der Waals surface area contributed by atoms with Crippen LogP contribution in [-0.2, 0) is 13.0 Å². The second kappa shape index (κ2) is 12.0. The van der Waals surface area contributed by atoms with Crippen molar-refractivity contribution in [1.82, 2.24) is 5.32 Å². The van der Waals surface area contributed by atoms with Gasteiger partial charge in [0.25, 0.3) is 0 Å². The second-order valence-electron chi connectivity index (χ2n) is 5.29. The molecule has 0 aliphatic carbocycles. The van der Waals surface area contributed by atoms with Gasteiger partial charge in [-0.1, -0.05) is 19.1 Å². The number of thiophene rings is 1. The van der Waals surface area contributed by atoms with Crippen molar-refractivity contribution >= 4 is 41.3 Å². The zero-order valence-corrected chi connectivity index (χ0v) is 17.8. The Morgan fingerprint density at radius 1 is 1.28 bits per heavy atom.